The smallest absolute Gasteiger partial charge is 0.0719 e. The molecule has 0 radical (unpaired) electrons. The Kier molecular flexibility index (Phi) is 3.13. The molecule has 0 aliphatic rings. The maximum atomic E-state index is 5.96. The Labute approximate surface area is 100 Å². The van der Waals surface area contributed by atoms with Crippen molar-refractivity contribution in [2.24, 2.45) is 5.73 Å². The van der Waals surface area contributed by atoms with Crippen molar-refractivity contribution in [2.45, 2.75) is 26.3 Å². The number of nitrogens with two attached hydrogens (primary N) is 1. The maximum absolute atomic E-state index is 5.96. The first-order valence-corrected chi connectivity index (χ1v) is 5.78. The number of pyridine rings is 1. The molecule has 0 aliphatic carbocycles. The highest BCUT2D eigenvalue weighted by atomic mass is 35.5. The second-order valence-corrected chi connectivity index (χ2v) is 4.65. The summed E-state index contributed by atoms with van der Waals surface area (Å²) in [5, 5.41) is 1.87. The van der Waals surface area contributed by atoms with Crippen LogP contribution < -0.4 is 5.73 Å². The van der Waals surface area contributed by atoms with Crippen molar-refractivity contribution in [3.63, 3.8) is 0 Å². The summed E-state index contributed by atoms with van der Waals surface area (Å²) in [6.45, 7) is 4.87. The lowest BCUT2D eigenvalue weighted by molar-refractivity contribution is 0.845. The summed E-state index contributed by atoms with van der Waals surface area (Å²) in [7, 11) is 0. The molecule has 0 saturated heterocycles. The van der Waals surface area contributed by atoms with E-state index in [1.165, 1.54) is 5.56 Å². The fourth-order valence-corrected chi connectivity index (χ4v) is 2.24. The standard InChI is InChI=1S/C13H15ClN2/c1-8(2)13-9(6-15)7-16-12-5-10(14)3-4-11(12)13/h3-5,7-8H,6,15H2,1-2H3. The normalized spacial score (nSPS) is 11.3. The number of halogens is 1. The van der Waals surface area contributed by atoms with E-state index in [0.29, 0.717) is 12.5 Å². The van der Waals surface area contributed by atoms with Gasteiger partial charge >= 0.3 is 0 Å². The van der Waals surface area contributed by atoms with Crippen LogP contribution >= 0.6 is 11.6 Å². The van der Waals surface area contributed by atoms with Crippen LogP contribution in [0.5, 0.6) is 0 Å². The first-order valence-electron chi connectivity index (χ1n) is 5.40. The van der Waals surface area contributed by atoms with Gasteiger partial charge in [0.2, 0.25) is 0 Å². The fourth-order valence-electron chi connectivity index (χ4n) is 2.07. The molecular formula is C13H15ClN2. The number of benzene rings is 1. The third-order valence-corrected chi connectivity index (χ3v) is 2.99. The summed E-state index contributed by atoms with van der Waals surface area (Å²) < 4.78 is 0. The Balaban J connectivity index is 2.79. The van der Waals surface area contributed by atoms with Crippen LogP contribution in [0.1, 0.15) is 30.9 Å². The zero-order valence-corrected chi connectivity index (χ0v) is 10.3. The van der Waals surface area contributed by atoms with Gasteiger partial charge < -0.3 is 5.73 Å². The van der Waals surface area contributed by atoms with E-state index < -0.39 is 0 Å². The van der Waals surface area contributed by atoms with Crippen molar-refractivity contribution in [2.75, 3.05) is 0 Å². The quantitative estimate of drug-likeness (QED) is 0.864. The summed E-state index contributed by atoms with van der Waals surface area (Å²) >= 11 is 5.96. The van der Waals surface area contributed by atoms with Gasteiger partial charge in [-0.1, -0.05) is 31.5 Å². The Morgan fingerprint density at radius 2 is 2.12 bits per heavy atom. The highest BCUT2D eigenvalue weighted by Crippen LogP contribution is 2.28. The Morgan fingerprint density at radius 1 is 1.38 bits per heavy atom. The van der Waals surface area contributed by atoms with Crippen LogP contribution in [0, 0.1) is 0 Å². The molecule has 16 heavy (non-hydrogen) atoms. The monoisotopic (exact) mass is 234 g/mol. The van der Waals surface area contributed by atoms with Crippen LogP contribution in [-0.4, -0.2) is 4.98 Å². The van der Waals surface area contributed by atoms with Crippen molar-refractivity contribution < 1.29 is 0 Å². The van der Waals surface area contributed by atoms with E-state index in [4.69, 9.17) is 17.3 Å². The number of nitrogens with zero attached hydrogens (tertiary/aromatic N) is 1. The van der Waals surface area contributed by atoms with Gasteiger partial charge in [-0.3, -0.25) is 4.98 Å². The molecule has 0 amide bonds. The predicted octanol–water partition coefficient (Wildman–Crippen LogP) is 3.47. The molecule has 3 heteroatoms. The molecule has 0 bridgehead atoms. The lowest BCUT2D eigenvalue weighted by Crippen LogP contribution is -2.04. The van der Waals surface area contributed by atoms with Gasteiger partial charge in [0, 0.05) is 23.2 Å². The molecule has 2 rings (SSSR count). The van der Waals surface area contributed by atoms with E-state index in [0.717, 1.165) is 21.5 Å². The number of fused-ring (bicyclic) bond motifs is 1. The summed E-state index contributed by atoms with van der Waals surface area (Å²) in [5.74, 6) is 0.435. The third kappa shape index (κ3) is 1.91. The van der Waals surface area contributed by atoms with Crippen molar-refractivity contribution >= 4 is 22.5 Å². The Bertz CT molecular complexity index is 521. The van der Waals surface area contributed by atoms with Gasteiger partial charge in [-0.15, -0.1) is 0 Å². The van der Waals surface area contributed by atoms with Crippen LogP contribution in [0.25, 0.3) is 10.9 Å². The van der Waals surface area contributed by atoms with Crippen LogP contribution in [0.4, 0.5) is 0 Å². The predicted molar refractivity (Wildman–Crippen MR) is 68.7 cm³/mol. The average molecular weight is 235 g/mol. The number of aromatic nitrogens is 1. The largest absolute Gasteiger partial charge is 0.326 e. The topological polar surface area (TPSA) is 38.9 Å². The molecule has 0 unspecified atom stereocenters. The van der Waals surface area contributed by atoms with Crippen LogP contribution in [-0.2, 0) is 6.54 Å². The Morgan fingerprint density at radius 3 is 2.75 bits per heavy atom. The second kappa shape index (κ2) is 4.40. The van der Waals surface area contributed by atoms with E-state index in [9.17, 15) is 0 Å². The fraction of sp³-hybridized carbons (Fsp3) is 0.308. The second-order valence-electron chi connectivity index (χ2n) is 4.22. The minimum absolute atomic E-state index is 0.435. The molecule has 84 valence electrons. The van der Waals surface area contributed by atoms with Crippen molar-refractivity contribution in [3.8, 4) is 0 Å². The van der Waals surface area contributed by atoms with Crippen molar-refractivity contribution in [3.05, 3.63) is 40.5 Å². The van der Waals surface area contributed by atoms with Crippen molar-refractivity contribution in [1.82, 2.24) is 4.98 Å². The van der Waals surface area contributed by atoms with Gasteiger partial charge in [-0.25, -0.2) is 0 Å². The van der Waals surface area contributed by atoms with E-state index in [2.05, 4.69) is 18.8 Å². The molecule has 0 spiro atoms. The molecule has 1 heterocycles. The lowest BCUT2D eigenvalue weighted by Gasteiger charge is -2.14. The molecule has 1 aromatic carbocycles. The summed E-state index contributed by atoms with van der Waals surface area (Å²) in [4.78, 5) is 4.39. The van der Waals surface area contributed by atoms with E-state index >= 15 is 0 Å². The highest BCUT2D eigenvalue weighted by Gasteiger charge is 2.11. The van der Waals surface area contributed by atoms with Gasteiger partial charge in [-0.05, 0) is 29.2 Å². The summed E-state index contributed by atoms with van der Waals surface area (Å²) in [5.41, 5.74) is 9.08. The van der Waals surface area contributed by atoms with Gasteiger partial charge in [0.25, 0.3) is 0 Å². The first-order chi connectivity index (χ1) is 7.63. The highest BCUT2D eigenvalue weighted by molar-refractivity contribution is 6.31. The van der Waals surface area contributed by atoms with Crippen molar-refractivity contribution in [1.29, 1.82) is 0 Å². The molecule has 2 nitrogen and oxygen atoms in total. The van der Waals surface area contributed by atoms with Gasteiger partial charge in [-0.2, -0.15) is 0 Å². The number of hydrogen-bond acceptors (Lipinski definition) is 2. The summed E-state index contributed by atoms with van der Waals surface area (Å²) in [6, 6.07) is 5.82. The molecule has 0 fully saturated rings. The minimum atomic E-state index is 0.435. The van der Waals surface area contributed by atoms with E-state index in [1.807, 2.05) is 24.4 Å². The third-order valence-electron chi connectivity index (χ3n) is 2.75. The zero-order valence-electron chi connectivity index (χ0n) is 9.50. The summed E-state index contributed by atoms with van der Waals surface area (Å²) in [6.07, 6.45) is 1.86. The number of hydrogen-bond donors (Lipinski definition) is 1. The number of rotatable bonds is 2. The lowest BCUT2D eigenvalue weighted by atomic mass is 9.94. The molecule has 0 saturated carbocycles. The van der Waals surface area contributed by atoms with Gasteiger partial charge in [0.15, 0.2) is 0 Å². The van der Waals surface area contributed by atoms with Crippen LogP contribution in [0.15, 0.2) is 24.4 Å². The zero-order chi connectivity index (χ0) is 11.7. The molecule has 0 atom stereocenters. The van der Waals surface area contributed by atoms with Gasteiger partial charge in [0.1, 0.15) is 0 Å². The molecule has 1 aromatic heterocycles. The molecule has 2 aromatic rings. The van der Waals surface area contributed by atoms with Crippen LogP contribution in [0.2, 0.25) is 5.02 Å². The Hall–Kier alpha value is -1.12. The maximum Gasteiger partial charge on any atom is 0.0719 e. The van der Waals surface area contributed by atoms with Gasteiger partial charge in [0.05, 0.1) is 5.52 Å². The van der Waals surface area contributed by atoms with E-state index in [1.54, 1.807) is 0 Å². The molecular weight excluding hydrogens is 220 g/mol. The SMILES string of the molecule is CC(C)c1c(CN)cnc2cc(Cl)ccc12. The van der Waals surface area contributed by atoms with E-state index in [-0.39, 0.29) is 0 Å². The molecule has 0 aliphatic heterocycles. The van der Waals surface area contributed by atoms with Crippen LogP contribution in [0.3, 0.4) is 0 Å². The average Bonchev–Trinajstić information content (AvgIpc) is 2.26. The minimum Gasteiger partial charge on any atom is -0.326 e. The molecule has 2 N–H and O–H groups in total. The first kappa shape index (κ1) is 11.4.